The molecule has 2 unspecified atom stereocenters. The molecule has 2 atom stereocenters. The van der Waals surface area contributed by atoms with Gasteiger partial charge in [0.15, 0.2) is 0 Å². The first kappa shape index (κ1) is 23.6. The second-order valence-corrected chi connectivity index (χ2v) is 7.46. The van der Waals surface area contributed by atoms with E-state index in [4.69, 9.17) is 16.3 Å². The van der Waals surface area contributed by atoms with E-state index >= 15 is 0 Å². The summed E-state index contributed by atoms with van der Waals surface area (Å²) in [4.78, 5) is 15.3. The fourth-order valence-corrected chi connectivity index (χ4v) is 3.89. The summed E-state index contributed by atoms with van der Waals surface area (Å²) in [6, 6.07) is 12.5. The van der Waals surface area contributed by atoms with Crippen LogP contribution in [-0.2, 0) is 0 Å². The van der Waals surface area contributed by atoms with Gasteiger partial charge in [-0.1, -0.05) is 29.8 Å². The molecule has 0 radical (unpaired) electrons. The quantitative estimate of drug-likeness (QED) is 0.479. The number of rotatable bonds is 7. The van der Waals surface area contributed by atoms with Crippen LogP contribution in [0.5, 0.6) is 5.75 Å². The summed E-state index contributed by atoms with van der Waals surface area (Å²) in [6.07, 6.45) is -3.49. The lowest BCUT2D eigenvalue weighted by atomic mass is 9.81. The number of aromatic carboxylic acids is 1. The third kappa shape index (κ3) is 5.03. The molecule has 0 aliphatic heterocycles. The SMILES string of the molecule is COc1ccc(C(CO)C(c2ccnc(-c3cccc(C(=O)O)c3)c2)C(F)(F)F)c(Cl)c1. The highest BCUT2D eigenvalue weighted by Gasteiger charge is 2.46. The summed E-state index contributed by atoms with van der Waals surface area (Å²) in [5.74, 6) is -4.24. The van der Waals surface area contributed by atoms with Crippen LogP contribution in [0.4, 0.5) is 13.2 Å². The number of carboxylic acids is 1. The van der Waals surface area contributed by atoms with Crippen molar-refractivity contribution < 1.29 is 32.9 Å². The first-order valence-electron chi connectivity index (χ1n) is 9.46. The van der Waals surface area contributed by atoms with E-state index in [2.05, 4.69) is 4.98 Å². The van der Waals surface area contributed by atoms with Crippen molar-refractivity contribution in [3.63, 3.8) is 0 Å². The highest BCUT2D eigenvalue weighted by atomic mass is 35.5. The second-order valence-electron chi connectivity index (χ2n) is 7.06. The smallest absolute Gasteiger partial charge is 0.396 e. The van der Waals surface area contributed by atoms with Crippen LogP contribution in [0.2, 0.25) is 5.02 Å². The maximum absolute atomic E-state index is 14.2. The number of benzene rings is 2. The number of pyridine rings is 1. The van der Waals surface area contributed by atoms with E-state index in [0.717, 1.165) is 0 Å². The molecule has 32 heavy (non-hydrogen) atoms. The molecule has 0 saturated heterocycles. The third-order valence-corrected chi connectivity index (χ3v) is 5.43. The maximum Gasteiger partial charge on any atom is 0.396 e. The van der Waals surface area contributed by atoms with Gasteiger partial charge in [-0.15, -0.1) is 0 Å². The first-order valence-corrected chi connectivity index (χ1v) is 9.84. The average Bonchev–Trinajstić information content (AvgIpc) is 2.77. The average molecular weight is 466 g/mol. The van der Waals surface area contributed by atoms with Crippen LogP contribution >= 0.6 is 11.6 Å². The van der Waals surface area contributed by atoms with Gasteiger partial charge in [-0.3, -0.25) is 4.98 Å². The van der Waals surface area contributed by atoms with Gasteiger partial charge < -0.3 is 14.9 Å². The number of carbonyl (C=O) groups is 1. The molecular weight excluding hydrogens is 447 g/mol. The van der Waals surface area contributed by atoms with Crippen LogP contribution in [0.15, 0.2) is 60.8 Å². The van der Waals surface area contributed by atoms with Crippen molar-refractivity contribution in [3.8, 4) is 17.0 Å². The summed E-state index contributed by atoms with van der Waals surface area (Å²) < 4.78 is 47.7. The Bertz CT molecular complexity index is 1120. The van der Waals surface area contributed by atoms with Crippen LogP contribution in [0.3, 0.4) is 0 Å². The normalized spacial score (nSPS) is 13.4. The van der Waals surface area contributed by atoms with Gasteiger partial charge in [0.1, 0.15) is 5.75 Å². The van der Waals surface area contributed by atoms with E-state index in [9.17, 15) is 28.2 Å². The van der Waals surface area contributed by atoms with E-state index in [1.807, 2.05) is 0 Å². The van der Waals surface area contributed by atoms with Crippen LogP contribution in [0.25, 0.3) is 11.3 Å². The lowest BCUT2D eigenvalue weighted by Crippen LogP contribution is -2.29. The maximum atomic E-state index is 14.2. The fraction of sp³-hybridized carbons (Fsp3) is 0.217. The van der Waals surface area contributed by atoms with E-state index in [-0.39, 0.29) is 27.4 Å². The fourth-order valence-electron chi connectivity index (χ4n) is 3.58. The summed E-state index contributed by atoms with van der Waals surface area (Å²) in [6.45, 7) is -0.803. The Labute approximate surface area is 187 Å². The highest BCUT2D eigenvalue weighted by Crippen LogP contribution is 2.47. The molecule has 0 fully saturated rings. The lowest BCUT2D eigenvalue weighted by molar-refractivity contribution is -0.158. The zero-order chi connectivity index (χ0) is 23.5. The monoisotopic (exact) mass is 465 g/mol. The Morgan fingerprint density at radius 1 is 1.16 bits per heavy atom. The Balaban J connectivity index is 2.10. The molecule has 2 aromatic carbocycles. The van der Waals surface area contributed by atoms with Gasteiger partial charge in [-0.2, -0.15) is 13.2 Å². The molecule has 0 bridgehead atoms. The summed E-state index contributed by atoms with van der Waals surface area (Å²) in [5, 5.41) is 19.2. The lowest BCUT2D eigenvalue weighted by Gasteiger charge is -2.29. The second kappa shape index (κ2) is 9.58. The number of aliphatic hydroxyl groups excluding tert-OH is 1. The predicted molar refractivity (Wildman–Crippen MR) is 113 cm³/mol. The standard InChI is InChI=1S/C23H19ClF3NO4/c1-32-16-5-6-17(19(24)11-16)18(12-29)21(23(25,26)27)14-7-8-28-20(10-14)13-3-2-4-15(9-13)22(30)31/h2-11,18,21,29H,12H2,1H3,(H,30,31). The molecular formula is C23H19ClF3NO4. The van der Waals surface area contributed by atoms with Gasteiger partial charge in [0.05, 0.1) is 30.9 Å². The van der Waals surface area contributed by atoms with Gasteiger partial charge in [-0.25, -0.2) is 4.79 Å². The zero-order valence-electron chi connectivity index (χ0n) is 16.8. The minimum atomic E-state index is -4.71. The van der Waals surface area contributed by atoms with E-state index in [1.165, 1.54) is 61.8 Å². The van der Waals surface area contributed by atoms with E-state index in [0.29, 0.717) is 11.3 Å². The van der Waals surface area contributed by atoms with Crippen LogP contribution in [-0.4, -0.2) is 41.1 Å². The summed E-state index contributed by atoms with van der Waals surface area (Å²) >= 11 is 6.21. The highest BCUT2D eigenvalue weighted by molar-refractivity contribution is 6.31. The number of aromatic nitrogens is 1. The number of hydrogen-bond acceptors (Lipinski definition) is 4. The van der Waals surface area contributed by atoms with Gasteiger partial charge in [0, 0.05) is 22.7 Å². The molecule has 3 rings (SSSR count). The number of hydrogen-bond donors (Lipinski definition) is 2. The largest absolute Gasteiger partial charge is 0.497 e. The number of halogens is 4. The summed E-state index contributed by atoms with van der Waals surface area (Å²) in [5.41, 5.74) is 0.520. The van der Waals surface area contributed by atoms with Crippen molar-refractivity contribution >= 4 is 17.6 Å². The Kier molecular flexibility index (Phi) is 7.06. The predicted octanol–water partition coefficient (Wildman–Crippen LogP) is 5.53. The van der Waals surface area contributed by atoms with Crippen LogP contribution in [0.1, 0.15) is 33.3 Å². The molecule has 0 aliphatic rings. The molecule has 2 N–H and O–H groups in total. The minimum absolute atomic E-state index is 0.0136. The molecule has 0 aliphatic carbocycles. The van der Waals surface area contributed by atoms with E-state index < -0.39 is 30.6 Å². The van der Waals surface area contributed by atoms with Gasteiger partial charge >= 0.3 is 12.1 Å². The van der Waals surface area contributed by atoms with Gasteiger partial charge in [0.2, 0.25) is 0 Å². The number of nitrogens with zero attached hydrogens (tertiary/aromatic N) is 1. The Morgan fingerprint density at radius 3 is 2.50 bits per heavy atom. The molecule has 1 heterocycles. The van der Waals surface area contributed by atoms with Crippen LogP contribution in [0, 0.1) is 0 Å². The number of methoxy groups -OCH3 is 1. The first-order chi connectivity index (χ1) is 15.2. The van der Waals surface area contributed by atoms with Crippen molar-refractivity contribution in [2.24, 2.45) is 0 Å². The molecule has 5 nitrogen and oxygen atoms in total. The number of alkyl halides is 3. The zero-order valence-corrected chi connectivity index (χ0v) is 17.6. The van der Waals surface area contributed by atoms with Gasteiger partial charge in [-0.05, 0) is 47.5 Å². The molecule has 0 saturated carbocycles. The van der Waals surface area contributed by atoms with Crippen LogP contribution < -0.4 is 4.74 Å². The molecule has 0 spiro atoms. The molecule has 168 valence electrons. The molecule has 1 aromatic heterocycles. The van der Waals surface area contributed by atoms with E-state index in [1.54, 1.807) is 6.07 Å². The van der Waals surface area contributed by atoms with Crippen molar-refractivity contribution in [2.45, 2.75) is 18.0 Å². The molecule has 0 amide bonds. The molecule has 3 aromatic rings. The third-order valence-electron chi connectivity index (χ3n) is 5.11. The van der Waals surface area contributed by atoms with Gasteiger partial charge in [0.25, 0.3) is 0 Å². The summed E-state index contributed by atoms with van der Waals surface area (Å²) in [7, 11) is 1.41. The number of ether oxygens (including phenoxy) is 1. The van der Waals surface area contributed by atoms with Crippen molar-refractivity contribution in [3.05, 3.63) is 82.5 Å². The van der Waals surface area contributed by atoms with Crippen molar-refractivity contribution in [1.82, 2.24) is 4.98 Å². The van der Waals surface area contributed by atoms with Crippen molar-refractivity contribution in [2.75, 3.05) is 13.7 Å². The molecule has 9 heteroatoms. The Hall–Kier alpha value is -3.10. The topological polar surface area (TPSA) is 79.7 Å². The van der Waals surface area contributed by atoms with Crippen molar-refractivity contribution in [1.29, 1.82) is 0 Å². The minimum Gasteiger partial charge on any atom is -0.497 e. The number of carboxylic acid groups (broad SMARTS) is 1. The Morgan fingerprint density at radius 2 is 1.91 bits per heavy atom. The number of aliphatic hydroxyl groups is 1.